The summed E-state index contributed by atoms with van der Waals surface area (Å²) in [6.07, 6.45) is 1.82. The number of nitrogens with zero attached hydrogens (tertiary/aromatic N) is 1. The molecule has 2 aromatic rings. The van der Waals surface area contributed by atoms with E-state index in [1.807, 2.05) is 23.7 Å². The van der Waals surface area contributed by atoms with Crippen molar-refractivity contribution in [3.8, 4) is 10.6 Å². The fourth-order valence-corrected chi connectivity index (χ4v) is 1.81. The van der Waals surface area contributed by atoms with Gasteiger partial charge in [-0.25, -0.2) is 4.98 Å². The Balaban J connectivity index is 2.55. The molecule has 0 unspecified atom stereocenters. The van der Waals surface area contributed by atoms with Crippen LogP contribution in [0.15, 0.2) is 29.8 Å². The van der Waals surface area contributed by atoms with Crippen LogP contribution in [0.1, 0.15) is 5.56 Å². The molecule has 0 saturated carbocycles. The van der Waals surface area contributed by atoms with E-state index in [1.165, 1.54) is 5.56 Å². The molecule has 2 rings (SSSR count). The van der Waals surface area contributed by atoms with E-state index in [-0.39, 0.29) is 0 Å². The van der Waals surface area contributed by atoms with Gasteiger partial charge in [0.15, 0.2) is 0 Å². The summed E-state index contributed by atoms with van der Waals surface area (Å²) in [6.45, 7) is 2.08. The van der Waals surface area contributed by atoms with Crippen LogP contribution in [0.25, 0.3) is 10.6 Å². The molecule has 12 heavy (non-hydrogen) atoms. The molecule has 0 N–H and O–H groups in total. The number of rotatable bonds is 1. The Morgan fingerprint density at radius 1 is 1.50 bits per heavy atom. The van der Waals surface area contributed by atoms with Gasteiger partial charge in [-0.1, -0.05) is 18.2 Å². The van der Waals surface area contributed by atoms with E-state index >= 15 is 0 Å². The van der Waals surface area contributed by atoms with Gasteiger partial charge in [-0.05, 0) is 18.6 Å². The van der Waals surface area contributed by atoms with E-state index in [2.05, 4.69) is 24.0 Å². The smallest absolute Gasteiger partial charge is 0.124 e. The zero-order chi connectivity index (χ0) is 8.39. The van der Waals surface area contributed by atoms with Gasteiger partial charge in [0.2, 0.25) is 0 Å². The molecular formula is C10H8NS. The van der Waals surface area contributed by atoms with Crippen molar-refractivity contribution in [2.75, 3.05) is 0 Å². The van der Waals surface area contributed by atoms with Gasteiger partial charge < -0.3 is 0 Å². The highest BCUT2D eigenvalue weighted by Gasteiger charge is 2.01. The number of benzene rings is 1. The molecule has 0 atom stereocenters. The third-order valence-corrected chi connectivity index (χ3v) is 2.50. The Hall–Kier alpha value is -1.15. The van der Waals surface area contributed by atoms with Gasteiger partial charge in [-0.2, -0.15) is 0 Å². The van der Waals surface area contributed by atoms with Crippen molar-refractivity contribution in [3.05, 3.63) is 41.4 Å². The second-order valence-electron chi connectivity index (χ2n) is 2.57. The van der Waals surface area contributed by atoms with Gasteiger partial charge in [0.05, 0.1) is 0 Å². The molecule has 59 valence electrons. The molecule has 0 bridgehead atoms. The van der Waals surface area contributed by atoms with Gasteiger partial charge >= 0.3 is 0 Å². The summed E-state index contributed by atoms with van der Waals surface area (Å²) in [7, 11) is 0. The van der Waals surface area contributed by atoms with Crippen molar-refractivity contribution in [2.45, 2.75) is 6.92 Å². The van der Waals surface area contributed by atoms with Gasteiger partial charge in [0, 0.05) is 17.1 Å². The van der Waals surface area contributed by atoms with Crippen molar-refractivity contribution in [3.63, 3.8) is 0 Å². The first-order chi connectivity index (χ1) is 5.88. The highest BCUT2D eigenvalue weighted by Crippen LogP contribution is 2.23. The topological polar surface area (TPSA) is 12.9 Å². The Kier molecular flexibility index (Phi) is 1.92. The molecule has 0 fully saturated rings. The van der Waals surface area contributed by atoms with Crippen LogP contribution in [-0.4, -0.2) is 4.98 Å². The Labute approximate surface area is 75.7 Å². The van der Waals surface area contributed by atoms with E-state index in [9.17, 15) is 0 Å². The predicted octanol–water partition coefficient (Wildman–Crippen LogP) is 2.92. The summed E-state index contributed by atoms with van der Waals surface area (Å²) in [5, 5.41) is 3.03. The minimum Gasteiger partial charge on any atom is -0.245 e. The van der Waals surface area contributed by atoms with E-state index < -0.39 is 0 Å². The van der Waals surface area contributed by atoms with Gasteiger partial charge in [0.1, 0.15) is 5.01 Å². The zero-order valence-electron chi connectivity index (χ0n) is 6.74. The quantitative estimate of drug-likeness (QED) is 0.647. The maximum absolute atomic E-state index is 4.23. The van der Waals surface area contributed by atoms with E-state index in [1.54, 1.807) is 11.3 Å². The van der Waals surface area contributed by atoms with E-state index in [4.69, 9.17) is 0 Å². The highest BCUT2D eigenvalue weighted by molar-refractivity contribution is 7.13. The Morgan fingerprint density at radius 2 is 2.42 bits per heavy atom. The van der Waals surface area contributed by atoms with Crippen molar-refractivity contribution in [1.82, 2.24) is 4.98 Å². The van der Waals surface area contributed by atoms with Crippen LogP contribution in [0, 0.1) is 13.0 Å². The van der Waals surface area contributed by atoms with E-state index in [0.29, 0.717) is 0 Å². The second-order valence-corrected chi connectivity index (χ2v) is 3.46. The lowest BCUT2D eigenvalue weighted by Gasteiger charge is -1.98. The van der Waals surface area contributed by atoms with Crippen LogP contribution < -0.4 is 0 Å². The Morgan fingerprint density at radius 3 is 3.08 bits per heavy atom. The summed E-state index contributed by atoms with van der Waals surface area (Å²) >= 11 is 1.65. The first kappa shape index (κ1) is 7.50. The third-order valence-electron chi connectivity index (χ3n) is 1.71. The summed E-state index contributed by atoms with van der Waals surface area (Å²) in [5.74, 6) is 0. The molecule has 0 saturated heterocycles. The van der Waals surface area contributed by atoms with Crippen LogP contribution >= 0.6 is 11.3 Å². The summed E-state index contributed by atoms with van der Waals surface area (Å²) in [4.78, 5) is 4.23. The molecular weight excluding hydrogens is 166 g/mol. The molecule has 0 amide bonds. The molecule has 2 heteroatoms. The molecule has 1 radical (unpaired) electrons. The van der Waals surface area contributed by atoms with E-state index in [0.717, 1.165) is 10.6 Å². The average molecular weight is 174 g/mol. The molecule has 1 aromatic carbocycles. The van der Waals surface area contributed by atoms with Crippen LogP contribution in [0.2, 0.25) is 0 Å². The maximum Gasteiger partial charge on any atom is 0.124 e. The number of aryl methyl sites for hydroxylation is 1. The lowest BCUT2D eigenvalue weighted by atomic mass is 10.1. The zero-order valence-corrected chi connectivity index (χ0v) is 7.56. The largest absolute Gasteiger partial charge is 0.245 e. The first-order valence-electron chi connectivity index (χ1n) is 3.75. The Bertz CT molecular complexity index is 365. The SMILES string of the molecule is Cc1ccc[c]c1-c1nccs1. The normalized spacial score (nSPS) is 10.1. The molecule has 1 nitrogen and oxygen atoms in total. The lowest BCUT2D eigenvalue weighted by molar-refractivity contribution is 1.38. The summed E-state index contributed by atoms with van der Waals surface area (Å²) < 4.78 is 0. The van der Waals surface area contributed by atoms with Gasteiger partial charge in [-0.15, -0.1) is 11.3 Å². The summed E-state index contributed by atoms with van der Waals surface area (Å²) in [5.41, 5.74) is 2.35. The minimum atomic E-state index is 1.05. The lowest BCUT2D eigenvalue weighted by Crippen LogP contribution is -1.80. The fraction of sp³-hybridized carbons (Fsp3) is 0.100. The molecule has 0 aliphatic rings. The van der Waals surface area contributed by atoms with Gasteiger partial charge in [-0.3, -0.25) is 0 Å². The fourth-order valence-electron chi connectivity index (χ4n) is 1.10. The summed E-state index contributed by atoms with van der Waals surface area (Å²) in [6, 6.07) is 9.18. The van der Waals surface area contributed by atoms with Crippen LogP contribution in [0.3, 0.4) is 0 Å². The second kappa shape index (κ2) is 3.07. The molecule has 0 spiro atoms. The average Bonchev–Trinajstić information content (AvgIpc) is 2.57. The number of hydrogen-bond donors (Lipinski definition) is 0. The number of thiazole rings is 1. The monoisotopic (exact) mass is 174 g/mol. The molecule has 0 aliphatic heterocycles. The molecule has 1 heterocycles. The van der Waals surface area contributed by atoms with Crippen molar-refractivity contribution >= 4 is 11.3 Å². The maximum atomic E-state index is 4.23. The van der Waals surface area contributed by atoms with Crippen molar-refractivity contribution < 1.29 is 0 Å². The van der Waals surface area contributed by atoms with Crippen molar-refractivity contribution in [2.24, 2.45) is 0 Å². The first-order valence-corrected chi connectivity index (χ1v) is 4.63. The number of hydrogen-bond acceptors (Lipinski definition) is 2. The standard InChI is InChI=1S/C10H8NS/c1-8-4-2-3-5-9(8)10-11-6-7-12-10/h2-4,6-7H,1H3. The third kappa shape index (κ3) is 1.25. The highest BCUT2D eigenvalue weighted by atomic mass is 32.1. The predicted molar refractivity (Wildman–Crippen MR) is 51.1 cm³/mol. The van der Waals surface area contributed by atoms with Crippen LogP contribution in [-0.2, 0) is 0 Å². The molecule has 1 aromatic heterocycles. The molecule has 0 aliphatic carbocycles. The van der Waals surface area contributed by atoms with Crippen LogP contribution in [0.4, 0.5) is 0 Å². The number of aromatic nitrogens is 1. The minimum absolute atomic E-state index is 1.05. The van der Waals surface area contributed by atoms with Crippen molar-refractivity contribution in [1.29, 1.82) is 0 Å². The van der Waals surface area contributed by atoms with Crippen LogP contribution in [0.5, 0.6) is 0 Å². The van der Waals surface area contributed by atoms with Gasteiger partial charge in [0.25, 0.3) is 0 Å².